The van der Waals surface area contributed by atoms with Crippen LogP contribution in [-0.4, -0.2) is 11.7 Å². The van der Waals surface area contributed by atoms with Crippen molar-refractivity contribution in [3.63, 3.8) is 0 Å². The van der Waals surface area contributed by atoms with E-state index >= 15 is 0 Å². The largest absolute Gasteiger partial charge is 0.508 e. The van der Waals surface area contributed by atoms with Crippen LogP contribution in [0.15, 0.2) is 48.5 Å². The first kappa shape index (κ1) is 19.1. The molecule has 0 unspecified atom stereocenters. The van der Waals surface area contributed by atoms with Crippen LogP contribution < -0.4 is 4.74 Å². The van der Waals surface area contributed by atoms with Crippen LogP contribution in [0.2, 0.25) is 0 Å². The van der Waals surface area contributed by atoms with Gasteiger partial charge in [-0.2, -0.15) is 0 Å². The predicted molar refractivity (Wildman–Crippen MR) is 107 cm³/mol. The summed E-state index contributed by atoms with van der Waals surface area (Å²) in [5.41, 5.74) is 3.43. The Labute approximate surface area is 152 Å². The highest BCUT2D eigenvalue weighted by Crippen LogP contribution is 2.21. The first-order valence-corrected chi connectivity index (χ1v) is 9.39. The number of unbranched alkanes of at least 4 members (excludes halogenated alkanes) is 5. The van der Waals surface area contributed by atoms with E-state index in [4.69, 9.17) is 4.74 Å². The van der Waals surface area contributed by atoms with E-state index in [1.807, 2.05) is 24.3 Å². The van der Waals surface area contributed by atoms with E-state index < -0.39 is 0 Å². The van der Waals surface area contributed by atoms with Gasteiger partial charge in [0, 0.05) is 0 Å². The summed E-state index contributed by atoms with van der Waals surface area (Å²) in [7, 11) is 0. The Balaban J connectivity index is 1.79. The molecule has 2 aromatic carbocycles. The van der Waals surface area contributed by atoms with Crippen LogP contribution in [0.4, 0.5) is 0 Å². The Bertz CT molecular complexity index is 639. The molecule has 0 saturated carbocycles. The Hall–Kier alpha value is -2.22. The molecule has 2 aromatic rings. The van der Waals surface area contributed by atoms with Crippen molar-refractivity contribution in [2.45, 2.75) is 52.4 Å². The number of phenols is 1. The first-order valence-electron chi connectivity index (χ1n) is 9.39. The van der Waals surface area contributed by atoms with Gasteiger partial charge < -0.3 is 9.84 Å². The summed E-state index contributed by atoms with van der Waals surface area (Å²) in [4.78, 5) is 0. The topological polar surface area (TPSA) is 29.5 Å². The van der Waals surface area contributed by atoms with Crippen LogP contribution in [-0.2, 0) is 0 Å². The summed E-state index contributed by atoms with van der Waals surface area (Å²) in [5.74, 6) is 1.23. The molecule has 134 valence electrons. The van der Waals surface area contributed by atoms with Gasteiger partial charge in [-0.3, -0.25) is 0 Å². The molecule has 0 aliphatic carbocycles. The van der Waals surface area contributed by atoms with Crippen LogP contribution >= 0.6 is 0 Å². The Morgan fingerprint density at radius 2 is 1.52 bits per heavy atom. The summed E-state index contributed by atoms with van der Waals surface area (Å²) in [6.07, 6.45) is 9.83. The monoisotopic (exact) mass is 338 g/mol. The van der Waals surface area contributed by atoms with E-state index in [9.17, 15) is 5.11 Å². The molecular formula is C23H30O2. The van der Waals surface area contributed by atoms with Crippen molar-refractivity contribution in [2.75, 3.05) is 6.61 Å². The molecule has 1 N–H and O–H groups in total. The highest BCUT2D eigenvalue weighted by Gasteiger charge is 1.98. The Kier molecular flexibility index (Phi) is 8.11. The van der Waals surface area contributed by atoms with Crippen LogP contribution in [0.3, 0.4) is 0 Å². The van der Waals surface area contributed by atoms with E-state index in [1.165, 1.54) is 37.7 Å². The lowest BCUT2D eigenvalue weighted by Gasteiger charge is -2.07. The molecule has 0 radical (unpaired) electrons. The smallest absolute Gasteiger partial charge is 0.119 e. The van der Waals surface area contributed by atoms with Crippen molar-refractivity contribution in [3.8, 4) is 11.5 Å². The number of benzene rings is 2. The summed E-state index contributed by atoms with van der Waals surface area (Å²) in [6.45, 7) is 5.12. The Morgan fingerprint density at radius 1 is 0.880 bits per heavy atom. The van der Waals surface area contributed by atoms with Crippen molar-refractivity contribution < 1.29 is 9.84 Å². The van der Waals surface area contributed by atoms with Crippen molar-refractivity contribution in [2.24, 2.45) is 0 Å². The molecule has 0 saturated heterocycles. The number of rotatable bonds is 10. The standard InChI is InChI=1S/C23H30O2/c1-3-4-5-6-7-8-17-25-23-15-9-20(10-16-23)18-19(2)21-11-13-22(24)14-12-21/h9-16,18,24H,3-8,17H2,1-2H3/b19-18-. The van der Waals surface area contributed by atoms with Gasteiger partial charge in [-0.25, -0.2) is 0 Å². The van der Waals surface area contributed by atoms with Gasteiger partial charge in [0.05, 0.1) is 6.61 Å². The van der Waals surface area contributed by atoms with Gasteiger partial charge in [-0.05, 0) is 54.3 Å². The lowest BCUT2D eigenvalue weighted by molar-refractivity contribution is 0.304. The van der Waals surface area contributed by atoms with Crippen LogP contribution in [0.25, 0.3) is 11.6 Å². The second-order valence-electron chi connectivity index (χ2n) is 6.56. The predicted octanol–water partition coefficient (Wildman–Crippen LogP) is 6.69. The molecule has 0 atom stereocenters. The van der Waals surface area contributed by atoms with Crippen molar-refractivity contribution in [1.82, 2.24) is 0 Å². The van der Waals surface area contributed by atoms with Gasteiger partial charge >= 0.3 is 0 Å². The van der Waals surface area contributed by atoms with Gasteiger partial charge in [-0.1, -0.05) is 69.4 Å². The molecule has 2 rings (SSSR count). The molecule has 2 nitrogen and oxygen atoms in total. The van der Waals surface area contributed by atoms with Crippen molar-refractivity contribution in [1.29, 1.82) is 0 Å². The number of hydrogen-bond donors (Lipinski definition) is 1. The summed E-state index contributed by atoms with van der Waals surface area (Å²) < 4.78 is 5.82. The lowest BCUT2D eigenvalue weighted by atomic mass is 10.0. The maximum atomic E-state index is 9.37. The van der Waals surface area contributed by atoms with E-state index in [2.05, 4.69) is 32.1 Å². The fourth-order valence-electron chi connectivity index (χ4n) is 2.79. The Morgan fingerprint density at radius 3 is 2.20 bits per heavy atom. The van der Waals surface area contributed by atoms with Gasteiger partial charge in [0.15, 0.2) is 0 Å². The molecular weight excluding hydrogens is 308 g/mol. The van der Waals surface area contributed by atoms with Gasteiger partial charge in [0.1, 0.15) is 11.5 Å². The molecule has 0 heterocycles. The van der Waals surface area contributed by atoms with Crippen LogP contribution in [0.5, 0.6) is 11.5 Å². The third-order valence-electron chi connectivity index (χ3n) is 4.35. The van der Waals surface area contributed by atoms with Crippen molar-refractivity contribution >= 4 is 11.6 Å². The molecule has 0 aromatic heterocycles. The first-order chi connectivity index (χ1) is 12.2. The third kappa shape index (κ3) is 7.04. The number of ether oxygens (including phenoxy) is 1. The highest BCUT2D eigenvalue weighted by atomic mass is 16.5. The zero-order chi connectivity index (χ0) is 17.9. The summed E-state index contributed by atoms with van der Waals surface area (Å²) >= 11 is 0. The fraction of sp³-hybridized carbons (Fsp3) is 0.391. The van der Waals surface area contributed by atoms with Crippen molar-refractivity contribution in [3.05, 3.63) is 59.7 Å². The minimum absolute atomic E-state index is 0.295. The second kappa shape index (κ2) is 10.6. The van der Waals surface area contributed by atoms with E-state index in [0.29, 0.717) is 5.75 Å². The number of hydrogen-bond acceptors (Lipinski definition) is 2. The minimum atomic E-state index is 0.295. The number of phenolic OH excluding ortho intramolecular Hbond substituents is 1. The second-order valence-corrected chi connectivity index (χ2v) is 6.56. The maximum absolute atomic E-state index is 9.37. The van der Waals surface area contributed by atoms with Gasteiger partial charge in [0.25, 0.3) is 0 Å². The lowest BCUT2D eigenvalue weighted by Crippen LogP contribution is -1.97. The van der Waals surface area contributed by atoms with E-state index in [-0.39, 0.29) is 0 Å². The van der Waals surface area contributed by atoms with Crippen LogP contribution in [0.1, 0.15) is 63.5 Å². The molecule has 25 heavy (non-hydrogen) atoms. The SMILES string of the molecule is CCCCCCCCOc1ccc(/C=C(/C)c2ccc(O)cc2)cc1. The molecule has 0 amide bonds. The summed E-state index contributed by atoms with van der Waals surface area (Å²) in [5, 5.41) is 9.37. The maximum Gasteiger partial charge on any atom is 0.119 e. The summed E-state index contributed by atoms with van der Waals surface area (Å²) in [6, 6.07) is 15.5. The molecule has 0 aliphatic rings. The average molecular weight is 338 g/mol. The molecule has 0 spiro atoms. The normalized spacial score (nSPS) is 11.5. The zero-order valence-corrected chi connectivity index (χ0v) is 15.5. The third-order valence-corrected chi connectivity index (χ3v) is 4.35. The quantitative estimate of drug-likeness (QED) is 0.386. The highest BCUT2D eigenvalue weighted by molar-refractivity contribution is 5.80. The zero-order valence-electron chi connectivity index (χ0n) is 15.5. The van der Waals surface area contributed by atoms with Gasteiger partial charge in [0.2, 0.25) is 0 Å². The van der Waals surface area contributed by atoms with Crippen LogP contribution in [0, 0.1) is 0 Å². The molecule has 2 heteroatoms. The number of allylic oxidation sites excluding steroid dienone is 1. The molecule has 0 fully saturated rings. The average Bonchev–Trinajstić information content (AvgIpc) is 2.63. The minimum Gasteiger partial charge on any atom is -0.508 e. The number of aromatic hydroxyl groups is 1. The fourth-order valence-corrected chi connectivity index (χ4v) is 2.79. The van der Waals surface area contributed by atoms with E-state index in [1.54, 1.807) is 12.1 Å². The van der Waals surface area contributed by atoms with E-state index in [0.717, 1.165) is 29.9 Å². The van der Waals surface area contributed by atoms with Gasteiger partial charge in [-0.15, -0.1) is 0 Å². The molecule has 0 bridgehead atoms. The molecule has 0 aliphatic heterocycles.